The van der Waals surface area contributed by atoms with E-state index in [9.17, 15) is 4.79 Å². The molecular weight excluding hydrogens is 212 g/mol. The number of hydrogen-bond donors (Lipinski definition) is 1. The van der Waals surface area contributed by atoms with Gasteiger partial charge in [-0.2, -0.15) is 0 Å². The van der Waals surface area contributed by atoms with Crippen molar-refractivity contribution in [2.75, 3.05) is 13.6 Å². The van der Waals surface area contributed by atoms with E-state index in [1.807, 2.05) is 37.3 Å². The predicted molar refractivity (Wildman–Crippen MR) is 70.6 cm³/mol. The van der Waals surface area contributed by atoms with Crippen LogP contribution >= 0.6 is 0 Å². The van der Waals surface area contributed by atoms with E-state index in [0.29, 0.717) is 13.0 Å². The number of rotatable bonds is 5. The third kappa shape index (κ3) is 4.41. The van der Waals surface area contributed by atoms with Crippen LogP contribution in [0.2, 0.25) is 0 Å². The summed E-state index contributed by atoms with van der Waals surface area (Å²) in [5.74, 6) is -0.0446. The van der Waals surface area contributed by atoms with Crippen LogP contribution < -0.4 is 5.73 Å². The standard InChI is InChI=1S/C14H20N2O/c1-11(2)10-16(3)14(17)13(15)9-12-7-5-4-6-8-12/h4-8,13H,1,9-10,15H2,2-3H3/t13-/m1/s1. The van der Waals surface area contributed by atoms with Crippen LogP contribution in [-0.2, 0) is 11.2 Å². The highest BCUT2D eigenvalue weighted by atomic mass is 16.2. The molecule has 1 rings (SSSR count). The monoisotopic (exact) mass is 232 g/mol. The van der Waals surface area contributed by atoms with Gasteiger partial charge >= 0.3 is 0 Å². The fourth-order valence-electron chi connectivity index (χ4n) is 1.72. The Kier molecular flexibility index (Phi) is 4.91. The lowest BCUT2D eigenvalue weighted by atomic mass is 10.1. The van der Waals surface area contributed by atoms with E-state index in [1.165, 1.54) is 0 Å². The predicted octanol–water partition coefficient (Wildman–Crippen LogP) is 1.59. The maximum Gasteiger partial charge on any atom is 0.239 e. The summed E-state index contributed by atoms with van der Waals surface area (Å²) in [5, 5.41) is 0. The number of amides is 1. The number of carbonyl (C=O) groups excluding carboxylic acids is 1. The van der Waals surface area contributed by atoms with Crippen molar-refractivity contribution in [1.82, 2.24) is 4.90 Å². The van der Waals surface area contributed by atoms with Crippen LogP contribution in [0.4, 0.5) is 0 Å². The van der Waals surface area contributed by atoms with Crippen LogP contribution in [0.5, 0.6) is 0 Å². The second-order valence-corrected chi connectivity index (χ2v) is 4.45. The molecule has 0 unspecified atom stereocenters. The molecular formula is C14H20N2O. The molecule has 0 heterocycles. The Balaban J connectivity index is 2.55. The summed E-state index contributed by atoms with van der Waals surface area (Å²) in [6, 6.07) is 9.32. The quantitative estimate of drug-likeness (QED) is 0.784. The van der Waals surface area contributed by atoms with Gasteiger partial charge in [0.2, 0.25) is 5.91 Å². The molecule has 3 heteroatoms. The van der Waals surface area contributed by atoms with E-state index in [1.54, 1.807) is 11.9 Å². The van der Waals surface area contributed by atoms with Crippen molar-refractivity contribution in [2.24, 2.45) is 5.73 Å². The topological polar surface area (TPSA) is 46.3 Å². The Hall–Kier alpha value is -1.61. The van der Waals surface area contributed by atoms with Crippen LogP contribution in [0, 0.1) is 0 Å². The van der Waals surface area contributed by atoms with Crippen molar-refractivity contribution in [3.63, 3.8) is 0 Å². The first kappa shape index (κ1) is 13.5. The minimum atomic E-state index is -0.484. The van der Waals surface area contributed by atoms with Crippen LogP contribution in [0.25, 0.3) is 0 Å². The number of benzene rings is 1. The van der Waals surface area contributed by atoms with Gasteiger partial charge < -0.3 is 10.6 Å². The summed E-state index contributed by atoms with van der Waals surface area (Å²) < 4.78 is 0. The highest BCUT2D eigenvalue weighted by molar-refractivity contribution is 5.81. The first-order valence-corrected chi connectivity index (χ1v) is 5.69. The Morgan fingerprint density at radius 1 is 1.41 bits per heavy atom. The third-order valence-electron chi connectivity index (χ3n) is 2.50. The van der Waals surface area contributed by atoms with Gasteiger partial charge in [-0.3, -0.25) is 4.79 Å². The number of likely N-dealkylation sites (N-methyl/N-ethyl adjacent to an activating group) is 1. The van der Waals surface area contributed by atoms with Crippen LogP contribution in [0.1, 0.15) is 12.5 Å². The van der Waals surface area contributed by atoms with Gasteiger partial charge in [-0.25, -0.2) is 0 Å². The van der Waals surface area contributed by atoms with E-state index in [0.717, 1.165) is 11.1 Å². The zero-order chi connectivity index (χ0) is 12.8. The van der Waals surface area contributed by atoms with Gasteiger partial charge in [0.1, 0.15) is 0 Å². The lowest BCUT2D eigenvalue weighted by Gasteiger charge is -2.21. The molecule has 1 aromatic carbocycles. The van der Waals surface area contributed by atoms with Gasteiger partial charge in [0.15, 0.2) is 0 Å². The second kappa shape index (κ2) is 6.21. The van der Waals surface area contributed by atoms with Gasteiger partial charge in [0.05, 0.1) is 6.04 Å². The molecule has 0 aliphatic heterocycles. The maximum absolute atomic E-state index is 11.9. The fraction of sp³-hybridized carbons (Fsp3) is 0.357. The molecule has 0 aliphatic rings. The Labute approximate surface area is 103 Å². The van der Waals surface area contributed by atoms with Crippen molar-refractivity contribution >= 4 is 5.91 Å². The smallest absolute Gasteiger partial charge is 0.239 e. The van der Waals surface area contributed by atoms with Gasteiger partial charge in [-0.05, 0) is 18.9 Å². The van der Waals surface area contributed by atoms with Crippen LogP contribution in [0.15, 0.2) is 42.5 Å². The molecule has 1 amide bonds. The molecule has 92 valence electrons. The summed E-state index contributed by atoms with van der Waals surface area (Å²) in [4.78, 5) is 13.6. The van der Waals surface area contributed by atoms with Crippen molar-refractivity contribution in [1.29, 1.82) is 0 Å². The van der Waals surface area contributed by atoms with Gasteiger partial charge in [0.25, 0.3) is 0 Å². The molecule has 0 saturated heterocycles. The first-order valence-electron chi connectivity index (χ1n) is 5.69. The normalized spacial score (nSPS) is 11.9. The molecule has 1 atom stereocenters. The minimum absolute atomic E-state index is 0.0446. The minimum Gasteiger partial charge on any atom is -0.340 e. The first-order chi connectivity index (χ1) is 8.00. The fourth-order valence-corrected chi connectivity index (χ4v) is 1.72. The van der Waals surface area contributed by atoms with E-state index in [2.05, 4.69) is 6.58 Å². The number of nitrogens with zero attached hydrogens (tertiary/aromatic N) is 1. The zero-order valence-electron chi connectivity index (χ0n) is 10.5. The number of carbonyl (C=O) groups is 1. The molecule has 0 saturated carbocycles. The average molecular weight is 232 g/mol. The van der Waals surface area contributed by atoms with Crippen molar-refractivity contribution in [2.45, 2.75) is 19.4 Å². The number of hydrogen-bond acceptors (Lipinski definition) is 2. The molecule has 1 aromatic rings. The Morgan fingerprint density at radius 3 is 2.53 bits per heavy atom. The molecule has 0 aliphatic carbocycles. The molecule has 0 bridgehead atoms. The van der Waals surface area contributed by atoms with E-state index in [-0.39, 0.29) is 5.91 Å². The molecule has 3 nitrogen and oxygen atoms in total. The Bertz CT molecular complexity index is 386. The lowest BCUT2D eigenvalue weighted by Crippen LogP contribution is -2.43. The summed E-state index contributed by atoms with van der Waals surface area (Å²) >= 11 is 0. The third-order valence-corrected chi connectivity index (χ3v) is 2.50. The average Bonchev–Trinajstić information content (AvgIpc) is 2.28. The molecule has 0 radical (unpaired) electrons. The molecule has 17 heavy (non-hydrogen) atoms. The summed E-state index contributed by atoms with van der Waals surface area (Å²) in [6.07, 6.45) is 0.570. The largest absolute Gasteiger partial charge is 0.340 e. The molecule has 2 N–H and O–H groups in total. The van der Waals surface area contributed by atoms with Crippen molar-refractivity contribution in [3.05, 3.63) is 48.0 Å². The SMILES string of the molecule is C=C(C)CN(C)C(=O)[C@H](N)Cc1ccccc1. The summed E-state index contributed by atoms with van der Waals surface area (Å²) in [6.45, 7) is 6.24. The molecule has 0 fully saturated rings. The van der Waals surface area contributed by atoms with Crippen molar-refractivity contribution in [3.8, 4) is 0 Å². The van der Waals surface area contributed by atoms with E-state index in [4.69, 9.17) is 5.73 Å². The van der Waals surface area contributed by atoms with Gasteiger partial charge in [-0.15, -0.1) is 0 Å². The summed E-state index contributed by atoms with van der Waals surface area (Å²) in [7, 11) is 1.75. The molecule has 0 aromatic heterocycles. The van der Waals surface area contributed by atoms with Gasteiger partial charge in [0, 0.05) is 13.6 Å². The summed E-state index contributed by atoms with van der Waals surface area (Å²) in [5.41, 5.74) is 7.94. The molecule has 0 spiro atoms. The lowest BCUT2D eigenvalue weighted by molar-refractivity contribution is -0.130. The Morgan fingerprint density at radius 2 is 2.00 bits per heavy atom. The maximum atomic E-state index is 11.9. The second-order valence-electron chi connectivity index (χ2n) is 4.45. The highest BCUT2D eigenvalue weighted by Gasteiger charge is 2.17. The van der Waals surface area contributed by atoms with E-state index >= 15 is 0 Å². The number of nitrogens with two attached hydrogens (primary N) is 1. The van der Waals surface area contributed by atoms with Crippen molar-refractivity contribution < 1.29 is 4.79 Å². The zero-order valence-corrected chi connectivity index (χ0v) is 10.5. The van der Waals surface area contributed by atoms with Crippen LogP contribution in [0.3, 0.4) is 0 Å². The highest BCUT2D eigenvalue weighted by Crippen LogP contribution is 2.04. The van der Waals surface area contributed by atoms with E-state index < -0.39 is 6.04 Å². The van der Waals surface area contributed by atoms with Gasteiger partial charge in [-0.1, -0.05) is 42.5 Å². The van der Waals surface area contributed by atoms with Crippen LogP contribution in [-0.4, -0.2) is 30.4 Å².